The summed E-state index contributed by atoms with van der Waals surface area (Å²) in [6.07, 6.45) is 0.630. The molecule has 2 rings (SSSR count). The van der Waals surface area contributed by atoms with Crippen molar-refractivity contribution in [2.45, 2.75) is 25.2 Å². The Bertz CT molecular complexity index is 910. The van der Waals surface area contributed by atoms with Crippen LogP contribution in [-0.2, 0) is 16.4 Å². The second kappa shape index (κ2) is 9.91. The van der Waals surface area contributed by atoms with Gasteiger partial charge in [0.15, 0.2) is 0 Å². The number of amides is 1. The molecule has 0 unspecified atom stereocenters. The molecule has 0 aliphatic carbocycles. The summed E-state index contributed by atoms with van der Waals surface area (Å²) in [7, 11) is -2.06. The number of rotatable bonds is 9. The maximum atomic E-state index is 12.7. The largest absolute Gasteiger partial charge is 0.497 e. The highest BCUT2D eigenvalue weighted by Crippen LogP contribution is 2.23. The lowest BCUT2D eigenvalue weighted by molar-refractivity contribution is 0.0954. The Morgan fingerprint density at radius 3 is 2.32 bits per heavy atom. The summed E-state index contributed by atoms with van der Waals surface area (Å²) in [5, 5.41) is 3.00. The highest BCUT2D eigenvalue weighted by atomic mass is 35.5. The van der Waals surface area contributed by atoms with E-state index in [0.29, 0.717) is 26.1 Å². The molecule has 0 heterocycles. The van der Waals surface area contributed by atoms with Crippen LogP contribution in [0.15, 0.2) is 47.4 Å². The second-order valence-corrected chi connectivity index (χ2v) is 8.43. The molecule has 2 aromatic carbocycles. The average Bonchev–Trinajstić information content (AvgIpc) is 2.69. The van der Waals surface area contributed by atoms with E-state index >= 15 is 0 Å². The molecule has 0 aromatic heterocycles. The van der Waals surface area contributed by atoms with Gasteiger partial charge in [-0.1, -0.05) is 37.6 Å². The number of ether oxygens (including phenoxy) is 1. The van der Waals surface area contributed by atoms with Crippen molar-refractivity contribution < 1.29 is 17.9 Å². The lowest BCUT2D eigenvalue weighted by Gasteiger charge is -2.19. The first kappa shape index (κ1) is 22.2. The highest BCUT2D eigenvalue weighted by Gasteiger charge is 2.23. The molecule has 6 nitrogen and oxygen atoms in total. The first-order chi connectivity index (χ1) is 13.3. The Labute approximate surface area is 171 Å². The first-order valence-corrected chi connectivity index (χ1v) is 10.9. The van der Waals surface area contributed by atoms with Crippen molar-refractivity contribution in [3.05, 3.63) is 58.6 Å². The van der Waals surface area contributed by atoms with Crippen LogP contribution in [0.25, 0.3) is 0 Å². The Morgan fingerprint density at radius 2 is 1.75 bits per heavy atom. The molecule has 0 radical (unpaired) electrons. The van der Waals surface area contributed by atoms with Crippen molar-refractivity contribution in [1.82, 2.24) is 9.62 Å². The smallest absolute Gasteiger partial charge is 0.252 e. The zero-order chi connectivity index (χ0) is 20.7. The predicted molar refractivity (Wildman–Crippen MR) is 111 cm³/mol. The van der Waals surface area contributed by atoms with E-state index in [9.17, 15) is 13.2 Å². The number of benzene rings is 2. The van der Waals surface area contributed by atoms with Crippen LogP contribution in [0.1, 0.15) is 29.8 Å². The monoisotopic (exact) mass is 424 g/mol. The number of methoxy groups -OCH3 is 1. The topological polar surface area (TPSA) is 75.7 Å². The van der Waals surface area contributed by atoms with Crippen LogP contribution < -0.4 is 10.1 Å². The summed E-state index contributed by atoms with van der Waals surface area (Å²) < 4.78 is 31.8. The molecule has 0 bridgehead atoms. The quantitative estimate of drug-likeness (QED) is 0.669. The third-order valence-corrected chi connectivity index (χ3v) is 6.76. The Kier molecular flexibility index (Phi) is 7.86. The number of carbonyl (C=O) groups excluding carboxylic acids is 1. The van der Waals surface area contributed by atoms with Crippen LogP contribution in [0.4, 0.5) is 0 Å². The van der Waals surface area contributed by atoms with E-state index in [1.807, 2.05) is 24.3 Å². The van der Waals surface area contributed by atoms with Gasteiger partial charge in [0.1, 0.15) is 5.75 Å². The third kappa shape index (κ3) is 5.25. The standard InChI is InChI=1S/C20H25ClN2O4S/c1-4-23(5-2)28(25,26)17-10-11-19(21)18(14-17)20(24)22-13-12-15-6-8-16(27-3)9-7-15/h6-11,14H,4-5,12-13H2,1-3H3,(H,22,24). The van der Waals surface area contributed by atoms with Crippen molar-refractivity contribution in [1.29, 1.82) is 0 Å². The Morgan fingerprint density at radius 1 is 1.11 bits per heavy atom. The number of hydrogen-bond acceptors (Lipinski definition) is 4. The minimum absolute atomic E-state index is 0.0564. The van der Waals surface area contributed by atoms with E-state index in [4.69, 9.17) is 16.3 Å². The zero-order valence-electron chi connectivity index (χ0n) is 16.2. The van der Waals surface area contributed by atoms with Crippen LogP contribution in [0.3, 0.4) is 0 Å². The second-order valence-electron chi connectivity index (χ2n) is 6.08. The van der Waals surface area contributed by atoms with Gasteiger partial charge in [0.25, 0.3) is 5.91 Å². The van der Waals surface area contributed by atoms with Crippen molar-refractivity contribution in [3.63, 3.8) is 0 Å². The number of hydrogen-bond donors (Lipinski definition) is 1. The van der Waals surface area contributed by atoms with Crippen molar-refractivity contribution >= 4 is 27.5 Å². The molecule has 0 aliphatic heterocycles. The maximum Gasteiger partial charge on any atom is 0.252 e. The fraction of sp³-hybridized carbons (Fsp3) is 0.350. The fourth-order valence-electron chi connectivity index (χ4n) is 2.76. The van der Waals surface area contributed by atoms with E-state index in [-0.39, 0.29) is 15.5 Å². The summed E-state index contributed by atoms with van der Waals surface area (Å²) in [4.78, 5) is 12.6. The predicted octanol–water partition coefficient (Wildman–Crippen LogP) is 3.35. The summed E-state index contributed by atoms with van der Waals surface area (Å²) in [5.74, 6) is 0.362. The molecule has 0 saturated carbocycles. The number of carbonyl (C=O) groups is 1. The normalized spacial score (nSPS) is 11.5. The van der Waals surface area contributed by atoms with Gasteiger partial charge in [-0.05, 0) is 42.3 Å². The minimum atomic E-state index is -3.66. The zero-order valence-corrected chi connectivity index (χ0v) is 17.8. The number of nitrogens with zero attached hydrogens (tertiary/aromatic N) is 1. The lowest BCUT2D eigenvalue weighted by atomic mass is 10.1. The van der Waals surface area contributed by atoms with Crippen molar-refractivity contribution in [3.8, 4) is 5.75 Å². The number of nitrogens with one attached hydrogen (secondary N) is 1. The van der Waals surface area contributed by atoms with E-state index in [0.717, 1.165) is 11.3 Å². The van der Waals surface area contributed by atoms with Gasteiger partial charge in [-0.15, -0.1) is 0 Å². The van der Waals surface area contributed by atoms with Gasteiger partial charge in [0, 0.05) is 19.6 Å². The lowest BCUT2D eigenvalue weighted by Crippen LogP contribution is -2.31. The highest BCUT2D eigenvalue weighted by molar-refractivity contribution is 7.89. The van der Waals surface area contributed by atoms with Gasteiger partial charge in [-0.2, -0.15) is 4.31 Å². The molecule has 1 amide bonds. The van der Waals surface area contributed by atoms with Gasteiger partial charge >= 0.3 is 0 Å². The maximum absolute atomic E-state index is 12.7. The molecule has 0 saturated heterocycles. The van der Waals surface area contributed by atoms with Crippen LogP contribution >= 0.6 is 11.6 Å². The van der Waals surface area contributed by atoms with E-state index in [1.165, 1.54) is 22.5 Å². The Hall–Kier alpha value is -2.09. The van der Waals surface area contributed by atoms with Gasteiger partial charge < -0.3 is 10.1 Å². The van der Waals surface area contributed by atoms with Crippen LogP contribution in [0.2, 0.25) is 5.02 Å². The summed E-state index contributed by atoms with van der Waals surface area (Å²) in [6.45, 7) is 4.64. The molecule has 1 N–H and O–H groups in total. The van der Waals surface area contributed by atoms with Gasteiger partial charge in [-0.25, -0.2) is 8.42 Å². The molecular formula is C20H25ClN2O4S. The van der Waals surface area contributed by atoms with Crippen LogP contribution in [-0.4, -0.2) is 45.4 Å². The summed E-state index contributed by atoms with van der Waals surface area (Å²) in [6, 6.07) is 11.8. The minimum Gasteiger partial charge on any atom is -0.497 e. The molecule has 8 heteroatoms. The van der Waals surface area contributed by atoms with Crippen molar-refractivity contribution in [2.75, 3.05) is 26.7 Å². The molecule has 0 aliphatic rings. The van der Waals surface area contributed by atoms with Gasteiger partial charge in [0.2, 0.25) is 10.0 Å². The molecule has 0 fully saturated rings. The summed E-state index contributed by atoms with van der Waals surface area (Å²) >= 11 is 6.13. The number of halogens is 1. The van der Waals surface area contributed by atoms with E-state index in [1.54, 1.807) is 21.0 Å². The molecule has 2 aromatic rings. The molecule has 152 valence electrons. The third-order valence-electron chi connectivity index (χ3n) is 4.38. The SMILES string of the molecule is CCN(CC)S(=O)(=O)c1ccc(Cl)c(C(=O)NCCc2ccc(OC)cc2)c1. The average molecular weight is 425 g/mol. The van der Waals surface area contributed by atoms with Crippen LogP contribution in [0, 0.1) is 0 Å². The molecular weight excluding hydrogens is 400 g/mol. The molecule has 28 heavy (non-hydrogen) atoms. The molecule has 0 spiro atoms. The number of sulfonamides is 1. The van der Waals surface area contributed by atoms with Gasteiger partial charge in [-0.3, -0.25) is 4.79 Å². The van der Waals surface area contributed by atoms with E-state index < -0.39 is 15.9 Å². The van der Waals surface area contributed by atoms with Crippen LogP contribution in [0.5, 0.6) is 5.75 Å². The Balaban J connectivity index is 2.10. The molecule has 0 atom stereocenters. The first-order valence-electron chi connectivity index (χ1n) is 9.04. The van der Waals surface area contributed by atoms with Crippen molar-refractivity contribution in [2.24, 2.45) is 0 Å². The van der Waals surface area contributed by atoms with Gasteiger partial charge in [0.05, 0.1) is 22.6 Å². The summed E-state index contributed by atoms with van der Waals surface area (Å²) in [5.41, 5.74) is 1.19. The fourth-order valence-corrected chi connectivity index (χ4v) is 4.45. The van der Waals surface area contributed by atoms with E-state index in [2.05, 4.69) is 5.32 Å².